The van der Waals surface area contributed by atoms with Crippen LogP contribution in [0, 0.1) is 0 Å². The number of hydrogen-bond acceptors (Lipinski definition) is 3. The first-order valence-corrected chi connectivity index (χ1v) is 5.91. The predicted molar refractivity (Wildman–Crippen MR) is 62.9 cm³/mol. The molecule has 0 radical (unpaired) electrons. The van der Waals surface area contributed by atoms with E-state index < -0.39 is 0 Å². The van der Waals surface area contributed by atoms with Crippen molar-refractivity contribution >= 4 is 11.8 Å². The minimum atomic E-state index is 0.0658. The van der Waals surface area contributed by atoms with Crippen molar-refractivity contribution in [2.45, 2.75) is 13.0 Å². The lowest BCUT2D eigenvalue weighted by molar-refractivity contribution is 0.407. The summed E-state index contributed by atoms with van der Waals surface area (Å²) in [5.41, 5.74) is 7.15. The third kappa shape index (κ3) is 2.93. The van der Waals surface area contributed by atoms with Crippen LogP contribution in [0.2, 0.25) is 0 Å². The number of thioether (sulfide) groups is 1. The summed E-state index contributed by atoms with van der Waals surface area (Å²) in [4.78, 5) is 0. The highest BCUT2D eigenvalue weighted by Crippen LogP contribution is 2.25. The average molecular weight is 211 g/mol. The molecule has 0 spiro atoms. The van der Waals surface area contributed by atoms with Gasteiger partial charge in [0.05, 0.1) is 7.11 Å². The summed E-state index contributed by atoms with van der Waals surface area (Å²) in [5.74, 6) is 2.93. The van der Waals surface area contributed by atoms with Crippen molar-refractivity contribution in [3.8, 4) is 5.75 Å². The molecule has 0 aliphatic rings. The molecule has 0 saturated heterocycles. The normalized spacial score (nSPS) is 12.5. The van der Waals surface area contributed by atoms with E-state index in [2.05, 4.69) is 6.92 Å². The van der Waals surface area contributed by atoms with E-state index in [1.807, 2.05) is 36.0 Å². The fourth-order valence-corrected chi connectivity index (χ4v) is 1.98. The fraction of sp³-hybridized carbons (Fsp3) is 0.455. The smallest absolute Gasteiger partial charge is 0.123 e. The molecule has 1 rings (SSSR count). The molecule has 1 aromatic carbocycles. The number of ether oxygens (including phenoxy) is 1. The van der Waals surface area contributed by atoms with Crippen LogP contribution in [-0.2, 0) is 0 Å². The zero-order chi connectivity index (χ0) is 10.4. The SMILES string of the molecule is CCSCC(N)c1ccccc1OC. The molecular formula is C11H17NOS. The van der Waals surface area contributed by atoms with E-state index in [0.717, 1.165) is 22.8 Å². The van der Waals surface area contributed by atoms with Crippen LogP contribution >= 0.6 is 11.8 Å². The van der Waals surface area contributed by atoms with Crippen molar-refractivity contribution in [3.63, 3.8) is 0 Å². The van der Waals surface area contributed by atoms with E-state index in [9.17, 15) is 0 Å². The standard InChI is InChI=1S/C11H17NOS/c1-3-14-8-10(12)9-6-4-5-7-11(9)13-2/h4-7,10H,3,8,12H2,1-2H3. The first-order valence-electron chi connectivity index (χ1n) is 4.75. The molecule has 78 valence electrons. The highest BCUT2D eigenvalue weighted by atomic mass is 32.2. The Morgan fingerprint density at radius 3 is 2.79 bits per heavy atom. The van der Waals surface area contributed by atoms with Gasteiger partial charge >= 0.3 is 0 Å². The lowest BCUT2D eigenvalue weighted by atomic mass is 10.1. The third-order valence-corrected chi connectivity index (χ3v) is 3.04. The first kappa shape index (κ1) is 11.4. The van der Waals surface area contributed by atoms with Crippen LogP contribution in [0.15, 0.2) is 24.3 Å². The molecular weight excluding hydrogens is 194 g/mol. The molecule has 1 aromatic rings. The summed E-state index contributed by atoms with van der Waals surface area (Å²) >= 11 is 1.85. The second kappa shape index (κ2) is 5.94. The Kier molecular flexibility index (Phi) is 4.84. The second-order valence-electron chi connectivity index (χ2n) is 3.01. The van der Waals surface area contributed by atoms with Crippen LogP contribution in [0.1, 0.15) is 18.5 Å². The summed E-state index contributed by atoms with van der Waals surface area (Å²) in [5, 5.41) is 0. The number of benzene rings is 1. The predicted octanol–water partition coefficient (Wildman–Crippen LogP) is 2.45. The van der Waals surface area contributed by atoms with E-state index >= 15 is 0 Å². The van der Waals surface area contributed by atoms with E-state index in [1.54, 1.807) is 7.11 Å². The van der Waals surface area contributed by atoms with Crippen LogP contribution in [0.3, 0.4) is 0 Å². The van der Waals surface area contributed by atoms with Gasteiger partial charge < -0.3 is 10.5 Å². The van der Waals surface area contributed by atoms with Gasteiger partial charge in [0.1, 0.15) is 5.75 Å². The second-order valence-corrected chi connectivity index (χ2v) is 4.33. The maximum absolute atomic E-state index is 6.06. The largest absolute Gasteiger partial charge is 0.496 e. The van der Waals surface area contributed by atoms with E-state index in [-0.39, 0.29) is 6.04 Å². The Bertz CT molecular complexity index is 278. The molecule has 0 bridgehead atoms. The van der Waals surface area contributed by atoms with Gasteiger partial charge in [0, 0.05) is 17.4 Å². The number of rotatable bonds is 5. The number of para-hydroxylation sites is 1. The Morgan fingerprint density at radius 1 is 1.43 bits per heavy atom. The van der Waals surface area contributed by atoms with Gasteiger partial charge in [-0.1, -0.05) is 25.1 Å². The Balaban J connectivity index is 2.72. The molecule has 2 N–H and O–H groups in total. The van der Waals surface area contributed by atoms with Gasteiger partial charge in [0.25, 0.3) is 0 Å². The van der Waals surface area contributed by atoms with Crippen molar-refractivity contribution in [2.24, 2.45) is 5.73 Å². The zero-order valence-electron chi connectivity index (χ0n) is 8.69. The molecule has 14 heavy (non-hydrogen) atoms. The van der Waals surface area contributed by atoms with Crippen molar-refractivity contribution in [3.05, 3.63) is 29.8 Å². The van der Waals surface area contributed by atoms with Gasteiger partial charge in [-0.2, -0.15) is 11.8 Å². The molecule has 0 saturated carbocycles. The quantitative estimate of drug-likeness (QED) is 0.812. The van der Waals surface area contributed by atoms with Crippen molar-refractivity contribution in [2.75, 3.05) is 18.6 Å². The van der Waals surface area contributed by atoms with Gasteiger partial charge in [-0.05, 0) is 11.8 Å². The van der Waals surface area contributed by atoms with Crippen LogP contribution in [0.4, 0.5) is 0 Å². The average Bonchev–Trinajstić information content (AvgIpc) is 2.25. The highest BCUT2D eigenvalue weighted by Gasteiger charge is 2.10. The summed E-state index contributed by atoms with van der Waals surface area (Å²) in [6.45, 7) is 2.14. The minimum Gasteiger partial charge on any atom is -0.496 e. The number of nitrogens with two attached hydrogens (primary N) is 1. The summed E-state index contributed by atoms with van der Waals surface area (Å²) in [7, 11) is 1.68. The summed E-state index contributed by atoms with van der Waals surface area (Å²) in [6, 6.07) is 8.00. The maximum atomic E-state index is 6.06. The van der Waals surface area contributed by atoms with E-state index in [4.69, 9.17) is 10.5 Å². The Morgan fingerprint density at radius 2 is 2.14 bits per heavy atom. The molecule has 0 aromatic heterocycles. The molecule has 0 aliphatic heterocycles. The molecule has 1 unspecified atom stereocenters. The van der Waals surface area contributed by atoms with Gasteiger partial charge in [0.15, 0.2) is 0 Å². The number of methoxy groups -OCH3 is 1. The lowest BCUT2D eigenvalue weighted by Crippen LogP contribution is -2.14. The molecule has 3 heteroatoms. The molecule has 0 heterocycles. The molecule has 0 fully saturated rings. The monoisotopic (exact) mass is 211 g/mol. The van der Waals surface area contributed by atoms with Crippen LogP contribution in [0.25, 0.3) is 0 Å². The Hall–Kier alpha value is -0.670. The maximum Gasteiger partial charge on any atom is 0.123 e. The topological polar surface area (TPSA) is 35.2 Å². The van der Waals surface area contributed by atoms with Gasteiger partial charge in [0.2, 0.25) is 0 Å². The lowest BCUT2D eigenvalue weighted by Gasteiger charge is -2.14. The summed E-state index contributed by atoms with van der Waals surface area (Å²) in [6.07, 6.45) is 0. The summed E-state index contributed by atoms with van der Waals surface area (Å²) < 4.78 is 5.26. The minimum absolute atomic E-state index is 0.0658. The van der Waals surface area contributed by atoms with Gasteiger partial charge in [-0.3, -0.25) is 0 Å². The molecule has 0 amide bonds. The van der Waals surface area contributed by atoms with E-state index in [1.165, 1.54) is 0 Å². The fourth-order valence-electron chi connectivity index (χ4n) is 1.31. The number of hydrogen-bond donors (Lipinski definition) is 1. The van der Waals surface area contributed by atoms with Crippen molar-refractivity contribution < 1.29 is 4.74 Å². The first-order chi connectivity index (χ1) is 6.79. The molecule has 1 atom stereocenters. The van der Waals surface area contributed by atoms with Gasteiger partial charge in [-0.25, -0.2) is 0 Å². The molecule has 2 nitrogen and oxygen atoms in total. The van der Waals surface area contributed by atoms with Crippen LogP contribution in [-0.4, -0.2) is 18.6 Å². The Labute approximate surface area is 89.8 Å². The van der Waals surface area contributed by atoms with Crippen LogP contribution in [0.5, 0.6) is 5.75 Å². The van der Waals surface area contributed by atoms with E-state index in [0.29, 0.717) is 0 Å². The van der Waals surface area contributed by atoms with Crippen molar-refractivity contribution in [1.82, 2.24) is 0 Å². The van der Waals surface area contributed by atoms with Crippen LogP contribution < -0.4 is 10.5 Å². The van der Waals surface area contributed by atoms with Gasteiger partial charge in [-0.15, -0.1) is 0 Å². The highest BCUT2D eigenvalue weighted by molar-refractivity contribution is 7.99. The van der Waals surface area contributed by atoms with Crippen molar-refractivity contribution in [1.29, 1.82) is 0 Å². The zero-order valence-corrected chi connectivity index (χ0v) is 9.51. The third-order valence-electron chi connectivity index (χ3n) is 2.04. The molecule has 0 aliphatic carbocycles.